The molecule has 0 spiro atoms. The largest absolute Gasteiger partial charge is 0.496 e. The summed E-state index contributed by atoms with van der Waals surface area (Å²) in [7, 11) is 0.932. The summed E-state index contributed by atoms with van der Waals surface area (Å²) in [4.78, 5) is 19.9. The van der Waals surface area contributed by atoms with Crippen molar-refractivity contribution in [2.75, 3.05) is 51.1 Å². The summed E-state index contributed by atoms with van der Waals surface area (Å²) in [5.74, 6) is 1.88. The van der Waals surface area contributed by atoms with Gasteiger partial charge < -0.3 is 14.4 Å². The van der Waals surface area contributed by atoms with Crippen molar-refractivity contribution in [3.63, 3.8) is 0 Å². The smallest absolute Gasteiger partial charge is 0.302 e. The lowest BCUT2D eigenvalue weighted by molar-refractivity contribution is 0.0740. The molecular weight excluding hydrogens is 557 g/mol. The minimum absolute atomic E-state index is 0.186. The number of aryl methyl sites for hydroxylation is 1. The Morgan fingerprint density at radius 1 is 1.10 bits per heavy atom. The highest BCUT2D eigenvalue weighted by atomic mass is 32.2. The number of methoxy groups -OCH3 is 2. The maximum atomic E-state index is 13.7. The van der Waals surface area contributed by atoms with Crippen molar-refractivity contribution in [3.05, 3.63) is 69.5 Å². The third kappa shape index (κ3) is 8.59. The van der Waals surface area contributed by atoms with Crippen LogP contribution in [0.25, 0.3) is 0 Å². The van der Waals surface area contributed by atoms with Gasteiger partial charge in [0.25, 0.3) is 5.91 Å². The second-order valence-electron chi connectivity index (χ2n) is 8.87. The molecule has 3 aromatic rings. The number of carbonyl (C=O) groups excluding carboxylic acids is 1. The van der Waals surface area contributed by atoms with E-state index in [0.29, 0.717) is 40.9 Å². The Morgan fingerprint density at radius 2 is 1.77 bits per heavy atom. The van der Waals surface area contributed by atoms with Crippen LogP contribution in [-0.4, -0.2) is 74.9 Å². The third-order valence-corrected chi connectivity index (χ3v) is 9.05. The van der Waals surface area contributed by atoms with Gasteiger partial charge >= 0.3 is 10.2 Å². The predicted octanol–water partition coefficient (Wildman–Crippen LogP) is 4.70. The van der Waals surface area contributed by atoms with Gasteiger partial charge in [-0.15, -0.1) is 11.3 Å². The van der Waals surface area contributed by atoms with Crippen molar-refractivity contribution in [2.45, 2.75) is 26.3 Å². The second kappa shape index (κ2) is 14.5. The summed E-state index contributed by atoms with van der Waals surface area (Å²) in [5.41, 5.74) is 2.45. The molecule has 1 heterocycles. The van der Waals surface area contributed by atoms with Crippen molar-refractivity contribution >= 4 is 45.0 Å². The topological polar surface area (TPSA) is 101 Å². The molecule has 0 atom stereocenters. The first-order valence-electron chi connectivity index (χ1n) is 12.4. The van der Waals surface area contributed by atoms with E-state index in [-0.39, 0.29) is 18.3 Å². The maximum Gasteiger partial charge on any atom is 0.302 e. The van der Waals surface area contributed by atoms with Gasteiger partial charge in [0.15, 0.2) is 5.82 Å². The second-order valence-corrected chi connectivity index (χ2v) is 12.6. The van der Waals surface area contributed by atoms with Crippen molar-refractivity contribution in [1.29, 1.82) is 0 Å². The van der Waals surface area contributed by atoms with Crippen LogP contribution in [0.3, 0.4) is 0 Å². The highest BCUT2D eigenvalue weighted by molar-refractivity contribution is 7.98. The Hall–Kier alpha value is -2.80. The first kappa shape index (κ1) is 30.7. The first-order chi connectivity index (χ1) is 18.7. The minimum atomic E-state index is -3.72. The number of nitrogens with zero attached hydrogens (tertiary/aromatic N) is 3. The molecule has 0 aliphatic carbocycles. The van der Waals surface area contributed by atoms with Crippen molar-refractivity contribution in [1.82, 2.24) is 14.2 Å². The molecule has 0 saturated heterocycles. The molecule has 0 radical (unpaired) electrons. The lowest BCUT2D eigenvalue weighted by Crippen LogP contribution is -2.34. The molecule has 212 valence electrons. The van der Waals surface area contributed by atoms with E-state index in [9.17, 15) is 13.2 Å². The Morgan fingerprint density at radius 3 is 2.38 bits per heavy atom. The monoisotopic (exact) mass is 592 g/mol. The molecule has 3 rings (SSSR count). The van der Waals surface area contributed by atoms with Gasteiger partial charge in [0.2, 0.25) is 0 Å². The standard InChI is InChI=1S/C27H36N4O5S3/c1-20-23(35-3)16-22(17-24(20)36-4)27(32)31(13-9-12-21-10-7-6-8-11-21)18-26-28-25(19-38-26)29-39(33,34)30(2)14-15-37-5/h6-8,10-11,16-17,19,29H,9,12-15,18H2,1-5H3. The van der Waals surface area contributed by atoms with E-state index in [1.54, 1.807) is 48.4 Å². The Bertz CT molecular complexity index is 1310. The molecule has 12 heteroatoms. The van der Waals surface area contributed by atoms with Crippen LogP contribution >= 0.6 is 23.1 Å². The quantitative estimate of drug-likeness (QED) is 0.273. The molecule has 0 saturated carbocycles. The minimum Gasteiger partial charge on any atom is -0.496 e. The summed E-state index contributed by atoms with van der Waals surface area (Å²) in [6, 6.07) is 13.5. The Labute approximate surface area is 239 Å². The number of amides is 1. The SMILES string of the molecule is COc1cc(C(=O)N(CCCc2ccccc2)Cc2nc(NS(=O)(=O)N(C)CCSC)cs2)cc(OC)c1C. The van der Waals surface area contributed by atoms with Crippen molar-refractivity contribution < 1.29 is 22.7 Å². The summed E-state index contributed by atoms with van der Waals surface area (Å²) >= 11 is 2.88. The van der Waals surface area contributed by atoms with Gasteiger partial charge in [-0.1, -0.05) is 30.3 Å². The molecule has 1 aromatic heterocycles. The van der Waals surface area contributed by atoms with E-state index < -0.39 is 10.2 Å². The number of hydrogen-bond acceptors (Lipinski definition) is 8. The van der Waals surface area contributed by atoms with Gasteiger partial charge in [0.05, 0.1) is 20.8 Å². The van der Waals surface area contributed by atoms with Gasteiger partial charge in [0, 0.05) is 42.4 Å². The van der Waals surface area contributed by atoms with Crippen molar-refractivity contribution in [3.8, 4) is 11.5 Å². The lowest BCUT2D eigenvalue weighted by Gasteiger charge is -2.23. The number of hydrogen-bond donors (Lipinski definition) is 1. The number of carbonyl (C=O) groups is 1. The number of ether oxygens (including phenoxy) is 2. The van der Waals surface area contributed by atoms with Crippen molar-refractivity contribution in [2.24, 2.45) is 0 Å². The van der Waals surface area contributed by atoms with E-state index in [1.165, 1.54) is 28.3 Å². The average Bonchev–Trinajstić information content (AvgIpc) is 3.37. The first-order valence-corrected chi connectivity index (χ1v) is 16.1. The molecule has 0 aliphatic heterocycles. The van der Waals surface area contributed by atoms with Crippen LogP contribution in [-0.2, 0) is 23.2 Å². The van der Waals surface area contributed by atoms with Gasteiger partial charge in [-0.25, -0.2) is 4.98 Å². The van der Waals surface area contributed by atoms with Gasteiger partial charge in [-0.05, 0) is 43.7 Å². The highest BCUT2D eigenvalue weighted by Gasteiger charge is 2.22. The fourth-order valence-electron chi connectivity index (χ4n) is 3.91. The fraction of sp³-hybridized carbons (Fsp3) is 0.407. The number of nitrogens with one attached hydrogen (secondary N) is 1. The molecular formula is C27H36N4O5S3. The number of aromatic nitrogens is 1. The van der Waals surface area contributed by atoms with Crippen LogP contribution in [0, 0.1) is 6.92 Å². The maximum absolute atomic E-state index is 13.7. The number of anilines is 1. The lowest BCUT2D eigenvalue weighted by atomic mass is 10.1. The number of benzene rings is 2. The molecule has 1 N–H and O–H groups in total. The van der Waals surface area contributed by atoms with E-state index in [0.717, 1.165) is 18.4 Å². The molecule has 0 unspecified atom stereocenters. The normalized spacial score (nSPS) is 11.4. The molecule has 2 aromatic carbocycles. The number of rotatable bonds is 15. The summed E-state index contributed by atoms with van der Waals surface area (Å²) in [5, 5.41) is 2.28. The molecule has 0 aliphatic rings. The van der Waals surface area contributed by atoms with Crippen LogP contribution < -0.4 is 14.2 Å². The Balaban J connectivity index is 1.80. The predicted molar refractivity (Wildman–Crippen MR) is 159 cm³/mol. The Kier molecular flexibility index (Phi) is 11.5. The van der Waals surface area contributed by atoms with Crippen LogP contribution in [0.5, 0.6) is 11.5 Å². The summed E-state index contributed by atoms with van der Waals surface area (Å²) in [6.07, 6.45) is 3.49. The van der Waals surface area contributed by atoms with E-state index in [4.69, 9.17) is 9.47 Å². The fourth-order valence-corrected chi connectivity index (χ4v) is 6.15. The van der Waals surface area contributed by atoms with E-state index in [1.807, 2.05) is 31.4 Å². The molecule has 9 nitrogen and oxygen atoms in total. The zero-order valence-electron chi connectivity index (χ0n) is 23.0. The third-order valence-electron chi connectivity index (χ3n) is 6.15. The highest BCUT2D eigenvalue weighted by Crippen LogP contribution is 2.30. The van der Waals surface area contributed by atoms with Crippen LogP contribution in [0.4, 0.5) is 5.82 Å². The average molecular weight is 593 g/mol. The zero-order valence-corrected chi connectivity index (χ0v) is 25.4. The van der Waals surface area contributed by atoms with Gasteiger partial charge in [0.1, 0.15) is 16.5 Å². The van der Waals surface area contributed by atoms with E-state index >= 15 is 0 Å². The van der Waals surface area contributed by atoms with Gasteiger partial charge in [-0.3, -0.25) is 9.52 Å². The van der Waals surface area contributed by atoms with Crippen LogP contribution in [0.1, 0.15) is 32.9 Å². The molecule has 1 amide bonds. The molecule has 0 bridgehead atoms. The molecule has 39 heavy (non-hydrogen) atoms. The van der Waals surface area contributed by atoms with E-state index in [2.05, 4.69) is 21.8 Å². The zero-order chi connectivity index (χ0) is 28.4. The number of thioether (sulfide) groups is 1. The van der Waals surface area contributed by atoms with Crippen LogP contribution in [0.2, 0.25) is 0 Å². The molecule has 0 fully saturated rings. The van der Waals surface area contributed by atoms with Gasteiger partial charge in [-0.2, -0.15) is 24.5 Å². The summed E-state index contributed by atoms with van der Waals surface area (Å²) < 4.78 is 40.0. The summed E-state index contributed by atoms with van der Waals surface area (Å²) in [6.45, 7) is 2.99. The number of thiazole rings is 1. The van der Waals surface area contributed by atoms with Crippen LogP contribution in [0.15, 0.2) is 47.8 Å².